The third-order valence-corrected chi connectivity index (χ3v) is 6.92. The van der Waals surface area contributed by atoms with Crippen LogP contribution in [0.3, 0.4) is 0 Å². The van der Waals surface area contributed by atoms with E-state index in [0.29, 0.717) is 36.3 Å². The van der Waals surface area contributed by atoms with Crippen molar-refractivity contribution in [2.45, 2.75) is 50.5 Å². The highest BCUT2D eigenvalue weighted by Crippen LogP contribution is 2.28. The van der Waals surface area contributed by atoms with Gasteiger partial charge in [0.1, 0.15) is 5.69 Å². The normalized spacial score (nSPS) is 19.7. The van der Waals surface area contributed by atoms with Crippen LogP contribution < -0.4 is 0 Å². The van der Waals surface area contributed by atoms with Gasteiger partial charge < -0.3 is 14.7 Å². The van der Waals surface area contributed by atoms with Gasteiger partial charge in [-0.05, 0) is 83.4 Å². The third kappa shape index (κ3) is 5.77. The molecule has 0 saturated carbocycles. The Morgan fingerprint density at radius 1 is 0.970 bits per heavy atom. The van der Waals surface area contributed by atoms with Gasteiger partial charge in [0.25, 0.3) is 11.8 Å². The molecule has 33 heavy (non-hydrogen) atoms. The van der Waals surface area contributed by atoms with Gasteiger partial charge in [0, 0.05) is 49.7 Å². The molecule has 4 rings (SSSR count). The molecule has 2 aliphatic rings. The lowest BCUT2D eigenvalue weighted by Crippen LogP contribution is -2.45. The summed E-state index contributed by atoms with van der Waals surface area (Å²) in [7, 11) is 4.16. The van der Waals surface area contributed by atoms with Crippen molar-refractivity contribution in [2.75, 3.05) is 40.3 Å². The second-order valence-corrected chi connectivity index (χ2v) is 9.49. The van der Waals surface area contributed by atoms with Gasteiger partial charge in [-0.25, -0.2) is 0 Å². The number of hydrogen-bond donors (Lipinski definition) is 0. The molecule has 2 aromatic heterocycles. The number of nitrogens with zero attached hydrogens (tertiary/aromatic N) is 5. The zero-order chi connectivity index (χ0) is 23.2. The highest BCUT2D eigenvalue weighted by Gasteiger charge is 2.29. The lowest BCUT2D eigenvalue weighted by atomic mass is 9.92. The van der Waals surface area contributed by atoms with Gasteiger partial charge in [0.2, 0.25) is 0 Å². The Morgan fingerprint density at radius 3 is 2.45 bits per heavy atom. The Morgan fingerprint density at radius 2 is 1.79 bits per heavy atom. The number of amides is 2. The maximum Gasteiger partial charge on any atom is 0.272 e. The van der Waals surface area contributed by atoms with E-state index in [-0.39, 0.29) is 11.8 Å². The third-order valence-electron chi connectivity index (χ3n) is 6.92. The average Bonchev–Trinajstić information content (AvgIpc) is 2.87. The van der Waals surface area contributed by atoms with Crippen molar-refractivity contribution in [3.63, 3.8) is 0 Å². The van der Waals surface area contributed by atoms with Gasteiger partial charge in [-0.2, -0.15) is 0 Å². The molecule has 0 aromatic carbocycles. The number of likely N-dealkylation sites (tertiary alicyclic amines) is 2. The second kappa shape index (κ2) is 10.9. The van der Waals surface area contributed by atoms with Crippen LogP contribution in [0.4, 0.5) is 0 Å². The van der Waals surface area contributed by atoms with E-state index in [1.54, 1.807) is 18.5 Å². The highest BCUT2D eigenvalue weighted by atomic mass is 16.2. The minimum atomic E-state index is -0.00620. The fourth-order valence-corrected chi connectivity index (χ4v) is 4.94. The first-order valence-corrected chi connectivity index (χ1v) is 12.1. The molecular weight excluding hydrogens is 414 g/mol. The number of pyridine rings is 2. The van der Waals surface area contributed by atoms with Crippen molar-refractivity contribution < 1.29 is 9.59 Å². The summed E-state index contributed by atoms with van der Waals surface area (Å²) < 4.78 is 0. The predicted octanol–water partition coefficient (Wildman–Crippen LogP) is 3.44. The maximum atomic E-state index is 13.2. The van der Waals surface area contributed by atoms with Crippen LogP contribution in [0.15, 0.2) is 42.7 Å². The molecule has 7 heteroatoms. The number of piperidine rings is 2. The first-order chi connectivity index (χ1) is 16.0. The van der Waals surface area contributed by atoms with E-state index in [1.807, 2.05) is 29.2 Å². The smallest absolute Gasteiger partial charge is 0.272 e. The molecule has 0 N–H and O–H groups in total. The molecule has 0 spiro atoms. The Kier molecular flexibility index (Phi) is 7.70. The summed E-state index contributed by atoms with van der Waals surface area (Å²) in [5.41, 5.74) is 2.19. The van der Waals surface area contributed by atoms with Crippen molar-refractivity contribution in [1.82, 2.24) is 24.7 Å². The standard InChI is InChI=1S/C26H35N5O2/c1-29(2)16-13-22-7-4-6-15-31(22)25(32)21-9-10-23(28-19-21)20-11-17-30(18-12-20)26(33)24-8-3-5-14-27-24/h3,5,8-10,14,19-20,22H,4,6-7,11-13,15-18H2,1-2H3. The fourth-order valence-electron chi connectivity index (χ4n) is 4.94. The summed E-state index contributed by atoms with van der Waals surface area (Å²) in [5, 5.41) is 0. The molecule has 176 valence electrons. The van der Waals surface area contributed by atoms with Crippen LogP contribution in [0, 0.1) is 0 Å². The van der Waals surface area contributed by atoms with Crippen LogP contribution >= 0.6 is 0 Å². The van der Waals surface area contributed by atoms with E-state index in [4.69, 9.17) is 0 Å². The molecule has 2 saturated heterocycles. The van der Waals surface area contributed by atoms with Crippen LogP contribution in [-0.4, -0.2) is 82.8 Å². The molecule has 1 atom stereocenters. The predicted molar refractivity (Wildman–Crippen MR) is 128 cm³/mol. The van der Waals surface area contributed by atoms with Gasteiger partial charge in [-0.15, -0.1) is 0 Å². The Hall–Kier alpha value is -2.80. The second-order valence-electron chi connectivity index (χ2n) is 9.49. The largest absolute Gasteiger partial charge is 0.337 e. The minimum Gasteiger partial charge on any atom is -0.337 e. The number of hydrogen-bond acceptors (Lipinski definition) is 5. The molecular formula is C26H35N5O2. The first-order valence-electron chi connectivity index (χ1n) is 12.1. The summed E-state index contributed by atoms with van der Waals surface area (Å²) in [6.07, 6.45) is 9.52. The zero-order valence-electron chi connectivity index (χ0n) is 19.8. The monoisotopic (exact) mass is 449 g/mol. The number of aromatic nitrogens is 2. The minimum absolute atomic E-state index is 0.00620. The van der Waals surface area contributed by atoms with E-state index >= 15 is 0 Å². The quantitative estimate of drug-likeness (QED) is 0.676. The molecule has 2 fully saturated rings. The Balaban J connectivity index is 1.34. The maximum absolute atomic E-state index is 13.2. The lowest BCUT2D eigenvalue weighted by Gasteiger charge is -2.36. The molecule has 0 radical (unpaired) electrons. The van der Waals surface area contributed by atoms with Crippen LogP contribution in [0.2, 0.25) is 0 Å². The van der Waals surface area contributed by atoms with Crippen LogP contribution in [0.5, 0.6) is 0 Å². The average molecular weight is 450 g/mol. The van der Waals surface area contributed by atoms with E-state index in [1.165, 1.54) is 6.42 Å². The fraction of sp³-hybridized carbons (Fsp3) is 0.538. The number of rotatable bonds is 6. The van der Waals surface area contributed by atoms with Crippen molar-refractivity contribution in [3.05, 3.63) is 59.7 Å². The molecule has 2 amide bonds. The van der Waals surface area contributed by atoms with Crippen LogP contribution in [-0.2, 0) is 0 Å². The van der Waals surface area contributed by atoms with Crippen molar-refractivity contribution >= 4 is 11.8 Å². The van der Waals surface area contributed by atoms with Gasteiger partial charge in [0.05, 0.1) is 5.56 Å². The van der Waals surface area contributed by atoms with E-state index in [2.05, 4.69) is 33.9 Å². The van der Waals surface area contributed by atoms with Gasteiger partial charge in [-0.1, -0.05) is 6.07 Å². The Bertz CT molecular complexity index is 923. The lowest BCUT2D eigenvalue weighted by molar-refractivity contribution is 0.0590. The molecule has 2 aliphatic heterocycles. The summed E-state index contributed by atoms with van der Waals surface area (Å²) in [6.45, 7) is 3.22. The van der Waals surface area contributed by atoms with Crippen LogP contribution in [0.25, 0.3) is 0 Å². The van der Waals surface area contributed by atoms with Gasteiger partial charge in [0.15, 0.2) is 0 Å². The zero-order valence-corrected chi connectivity index (χ0v) is 19.8. The van der Waals surface area contributed by atoms with Gasteiger partial charge >= 0.3 is 0 Å². The summed E-state index contributed by atoms with van der Waals surface area (Å²) in [5.74, 6) is 0.409. The first kappa shape index (κ1) is 23.4. The Labute approximate surface area is 196 Å². The number of carbonyl (C=O) groups excluding carboxylic acids is 2. The summed E-state index contributed by atoms with van der Waals surface area (Å²) in [4.78, 5) is 40.8. The topological polar surface area (TPSA) is 69.6 Å². The van der Waals surface area contributed by atoms with Crippen molar-refractivity contribution in [1.29, 1.82) is 0 Å². The van der Waals surface area contributed by atoms with Crippen molar-refractivity contribution in [3.8, 4) is 0 Å². The van der Waals surface area contributed by atoms with E-state index in [0.717, 1.165) is 50.9 Å². The van der Waals surface area contributed by atoms with E-state index < -0.39 is 0 Å². The van der Waals surface area contributed by atoms with Crippen LogP contribution in [0.1, 0.15) is 71.0 Å². The van der Waals surface area contributed by atoms with E-state index in [9.17, 15) is 9.59 Å². The molecule has 0 bridgehead atoms. The highest BCUT2D eigenvalue weighted by molar-refractivity contribution is 5.94. The van der Waals surface area contributed by atoms with Gasteiger partial charge in [-0.3, -0.25) is 19.6 Å². The van der Waals surface area contributed by atoms with Crippen molar-refractivity contribution in [2.24, 2.45) is 0 Å². The SMILES string of the molecule is CN(C)CCC1CCCCN1C(=O)c1ccc(C2CCN(C(=O)c3ccccn3)CC2)nc1. The molecule has 0 aliphatic carbocycles. The molecule has 1 unspecified atom stereocenters. The number of carbonyl (C=O) groups is 2. The molecule has 2 aromatic rings. The summed E-state index contributed by atoms with van der Waals surface area (Å²) in [6, 6.07) is 9.68. The molecule has 7 nitrogen and oxygen atoms in total. The molecule has 4 heterocycles. The summed E-state index contributed by atoms with van der Waals surface area (Å²) >= 11 is 0.